The topological polar surface area (TPSA) is 86.6 Å². The van der Waals surface area contributed by atoms with E-state index in [0.717, 1.165) is 6.54 Å². The van der Waals surface area contributed by atoms with Crippen LogP contribution < -0.4 is 5.32 Å². The van der Waals surface area contributed by atoms with Crippen molar-refractivity contribution in [2.75, 3.05) is 6.54 Å². The van der Waals surface area contributed by atoms with Gasteiger partial charge in [-0.2, -0.15) is 8.42 Å². The summed E-state index contributed by atoms with van der Waals surface area (Å²) < 4.78 is 29.2. The molecule has 1 unspecified atom stereocenters. The Morgan fingerprint density at radius 2 is 1.35 bits per heavy atom. The quantitative estimate of drug-likeness (QED) is 0.258. The summed E-state index contributed by atoms with van der Waals surface area (Å²) in [7, 11) is -4.00. The van der Waals surface area contributed by atoms with E-state index >= 15 is 0 Å². The van der Waals surface area contributed by atoms with E-state index in [1.807, 2.05) is 0 Å². The largest absolute Gasteiger partial charge is 0.379 e. The number of benzene rings is 1. The smallest absolute Gasteiger partial charge is 0.294 e. The van der Waals surface area contributed by atoms with Crippen LogP contribution in [0.15, 0.2) is 35.2 Å². The molecule has 0 fully saturated rings. The summed E-state index contributed by atoms with van der Waals surface area (Å²) in [5.41, 5.74) is 0. The third-order valence-electron chi connectivity index (χ3n) is 4.01. The predicted octanol–water partition coefficient (Wildman–Crippen LogP) is 4.77. The molecule has 3 N–H and O–H groups in total. The lowest BCUT2D eigenvalue weighted by Crippen LogP contribution is -2.26. The molecule has 0 amide bonds. The monoisotopic (exact) mass is 387 g/mol. The molecule has 0 aliphatic heterocycles. The molecule has 152 valence electrons. The SMILES string of the molecule is CCCCCCCCCCCCNC(C)O.O=S(=O)(O)c1ccccc1. The molecular weight excluding hydrogens is 350 g/mol. The summed E-state index contributed by atoms with van der Waals surface area (Å²) in [6.07, 6.45) is 13.3. The first-order valence-corrected chi connectivity index (χ1v) is 11.3. The molecule has 0 saturated heterocycles. The van der Waals surface area contributed by atoms with E-state index in [0.29, 0.717) is 0 Å². The highest BCUT2D eigenvalue weighted by Gasteiger charge is 2.05. The maximum absolute atomic E-state index is 10.4. The van der Waals surface area contributed by atoms with Crippen LogP contribution in [0.1, 0.15) is 78.1 Å². The van der Waals surface area contributed by atoms with Crippen LogP contribution in [0.5, 0.6) is 0 Å². The Morgan fingerprint density at radius 1 is 0.885 bits per heavy atom. The van der Waals surface area contributed by atoms with Crippen molar-refractivity contribution in [3.8, 4) is 0 Å². The van der Waals surface area contributed by atoms with E-state index in [9.17, 15) is 8.42 Å². The summed E-state index contributed by atoms with van der Waals surface area (Å²) in [5.74, 6) is 0. The van der Waals surface area contributed by atoms with Crippen LogP contribution in [0.2, 0.25) is 0 Å². The molecule has 1 aromatic rings. The molecule has 1 aromatic carbocycles. The summed E-state index contributed by atoms with van der Waals surface area (Å²) in [6, 6.07) is 7.42. The van der Waals surface area contributed by atoms with Gasteiger partial charge >= 0.3 is 0 Å². The van der Waals surface area contributed by atoms with Gasteiger partial charge in [0.2, 0.25) is 0 Å². The fraction of sp³-hybridized carbons (Fsp3) is 0.700. The highest BCUT2D eigenvalue weighted by molar-refractivity contribution is 7.85. The lowest BCUT2D eigenvalue weighted by atomic mass is 10.1. The molecule has 0 aliphatic carbocycles. The summed E-state index contributed by atoms with van der Waals surface area (Å²) in [5, 5.41) is 12.0. The normalized spacial score (nSPS) is 12.3. The van der Waals surface area contributed by atoms with Gasteiger partial charge in [0.25, 0.3) is 10.1 Å². The lowest BCUT2D eigenvalue weighted by molar-refractivity contribution is 0.156. The van der Waals surface area contributed by atoms with Crippen LogP contribution in [0, 0.1) is 0 Å². The number of aliphatic hydroxyl groups is 1. The van der Waals surface area contributed by atoms with Crippen LogP contribution >= 0.6 is 0 Å². The molecule has 6 heteroatoms. The Balaban J connectivity index is 0.000000531. The number of rotatable bonds is 13. The Bertz CT molecular complexity index is 518. The molecule has 1 atom stereocenters. The number of aliphatic hydroxyl groups excluding tert-OH is 1. The lowest BCUT2D eigenvalue weighted by Gasteiger charge is -2.06. The zero-order valence-electron chi connectivity index (χ0n) is 16.4. The second-order valence-electron chi connectivity index (χ2n) is 6.60. The molecule has 0 aromatic heterocycles. The highest BCUT2D eigenvalue weighted by Crippen LogP contribution is 2.10. The third kappa shape index (κ3) is 16.5. The van der Waals surface area contributed by atoms with Crippen LogP contribution in [-0.4, -0.2) is 30.8 Å². The molecule has 0 spiro atoms. The number of nitrogens with one attached hydrogen (secondary N) is 1. The number of unbranched alkanes of at least 4 members (excludes halogenated alkanes) is 9. The zero-order valence-corrected chi connectivity index (χ0v) is 17.2. The van der Waals surface area contributed by atoms with Gasteiger partial charge in [0.15, 0.2) is 0 Å². The molecule has 0 bridgehead atoms. The Kier molecular flexibility index (Phi) is 15.6. The van der Waals surface area contributed by atoms with Crippen LogP contribution in [-0.2, 0) is 10.1 Å². The molecule has 1 rings (SSSR count). The Labute approximate surface area is 160 Å². The van der Waals surface area contributed by atoms with Crippen molar-refractivity contribution in [3.63, 3.8) is 0 Å². The summed E-state index contributed by atoms with van der Waals surface area (Å²) in [6.45, 7) is 4.99. The van der Waals surface area contributed by atoms with E-state index in [1.165, 1.54) is 76.3 Å². The minimum absolute atomic E-state index is 0.0741. The van der Waals surface area contributed by atoms with Gasteiger partial charge in [0.05, 0.1) is 4.90 Å². The van der Waals surface area contributed by atoms with E-state index in [4.69, 9.17) is 9.66 Å². The van der Waals surface area contributed by atoms with Gasteiger partial charge in [0.1, 0.15) is 6.23 Å². The van der Waals surface area contributed by atoms with E-state index in [1.54, 1.807) is 25.1 Å². The predicted molar refractivity (Wildman–Crippen MR) is 108 cm³/mol. The first kappa shape index (κ1) is 25.1. The van der Waals surface area contributed by atoms with Gasteiger partial charge in [-0.1, -0.05) is 82.9 Å². The van der Waals surface area contributed by atoms with Crippen molar-refractivity contribution >= 4 is 10.1 Å². The van der Waals surface area contributed by atoms with Crippen LogP contribution in [0.3, 0.4) is 0 Å². The van der Waals surface area contributed by atoms with Crippen LogP contribution in [0.25, 0.3) is 0 Å². The zero-order chi connectivity index (χ0) is 19.7. The van der Waals surface area contributed by atoms with Crippen LogP contribution in [0.4, 0.5) is 0 Å². The van der Waals surface area contributed by atoms with Crippen molar-refractivity contribution in [3.05, 3.63) is 30.3 Å². The van der Waals surface area contributed by atoms with Crippen molar-refractivity contribution in [1.82, 2.24) is 5.32 Å². The first-order valence-electron chi connectivity index (χ1n) is 9.82. The summed E-state index contributed by atoms with van der Waals surface area (Å²) >= 11 is 0. The van der Waals surface area contributed by atoms with Gasteiger partial charge in [-0.25, -0.2) is 0 Å². The molecular formula is C20H37NO4S. The molecule has 0 saturated carbocycles. The van der Waals surface area contributed by atoms with Crippen molar-refractivity contribution in [1.29, 1.82) is 0 Å². The maximum atomic E-state index is 10.4. The van der Waals surface area contributed by atoms with E-state index in [2.05, 4.69) is 12.2 Å². The highest BCUT2D eigenvalue weighted by atomic mass is 32.2. The molecule has 26 heavy (non-hydrogen) atoms. The fourth-order valence-corrected chi connectivity index (χ4v) is 3.02. The Hall–Kier alpha value is -0.950. The van der Waals surface area contributed by atoms with E-state index < -0.39 is 10.1 Å². The second kappa shape index (κ2) is 16.2. The van der Waals surface area contributed by atoms with Crippen molar-refractivity contribution in [2.45, 2.75) is 89.2 Å². The van der Waals surface area contributed by atoms with Crippen molar-refractivity contribution in [2.24, 2.45) is 0 Å². The molecule has 0 radical (unpaired) electrons. The number of hydrogen-bond acceptors (Lipinski definition) is 4. The fourth-order valence-electron chi connectivity index (χ4n) is 2.52. The van der Waals surface area contributed by atoms with Gasteiger partial charge in [-0.3, -0.25) is 9.87 Å². The summed E-state index contributed by atoms with van der Waals surface area (Å²) in [4.78, 5) is -0.0741. The standard InChI is InChI=1S/C14H31NO.C6H6O3S/c1-3-4-5-6-7-8-9-10-11-12-13-15-14(2)16;7-10(8,9)6-4-2-1-3-5-6/h14-16H,3-13H2,1-2H3;1-5H,(H,7,8,9). The second-order valence-corrected chi connectivity index (χ2v) is 8.02. The molecule has 5 nitrogen and oxygen atoms in total. The third-order valence-corrected chi connectivity index (χ3v) is 4.88. The van der Waals surface area contributed by atoms with Gasteiger partial charge in [0, 0.05) is 0 Å². The molecule has 0 aliphatic rings. The number of hydrogen-bond donors (Lipinski definition) is 3. The average molecular weight is 388 g/mol. The van der Waals surface area contributed by atoms with Crippen molar-refractivity contribution < 1.29 is 18.1 Å². The van der Waals surface area contributed by atoms with E-state index in [-0.39, 0.29) is 11.1 Å². The van der Waals surface area contributed by atoms with Gasteiger partial charge in [-0.05, 0) is 32.0 Å². The first-order chi connectivity index (χ1) is 12.4. The minimum Gasteiger partial charge on any atom is -0.379 e. The molecule has 0 heterocycles. The minimum atomic E-state index is -4.00. The Morgan fingerprint density at radius 3 is 1.73 bits per heavy atom. The maximum Gasteiger partial charge on any atom is 0.294 e. The average Bonchev–Trinajstić information content (AvgIpc) is 2.60. The van der Waals surface area contributed by atoms with Gasteiger partial charge in [-0.15, -0.1) is 0 Å². The van der Waals surface area contributed by atoms with Gasteiger partial charge < -0.3 is 5.11 Å².